The highest BCUT2D eigenvalue weighted by Crippen LogP contribution is 2.36. The number of ether oxygens (including phenoxy) is 2. The molecule has 0 amide bonds. The third-order valence-corrected chi connectivity index (χ3v) is 2.67. The number of carbonyl (C=O) groups is 1. The molecule has 1 N–H and O–H groups in total. The summed E-state index contributed by atoms with van der Waals surface area (Å²) in [5, 5.41) is 9.42. The Morgan fingerprint density at radius 3 is 2.62 bits per heavy atom. The van der Waals surface area contributed by atoms with Crippen LogP contribution in [0.15, 0.2) is 0 Å². The first-order valence-corrected chi connectivity index (χ1v) is 4.47. The number of hydrogen-bond donors (Lipinski definition) is 1. The molecule has 1 fully saturated rings. The molecule has 0 bridgehead atoms. The molecular weight excluding hydrogens is 172 g/mol. The fraction of sp³-hybridized carbons (Fsp3) is 0.889. The van der Waals surface area contributed by atoms with Crippen molar-refractivity contribution in [1.82, 2.24) is 0 Å². The van der Waals surface area contributed by atoms with Gasteiger partial charge in [-0.3, -0.25) is 0 Å². The van der Waals surface area contributed by atoms with Crippen molar-refractivity contribution in [2.45, 2.75) is 25.9 Å². The zero-order chi connectivity index (χ0) is 9.90. The summed E-state index contributed by atoms with van der Waals surface area (Å²) in [6.45, 7) is 3.31. The normalized spacial score (nSPS) is 21.8. The molecule has 4 nitrogen and oxygen atoms in total. The minimum Gasteiger partial charge on any atom is -0.467 e. The first kappa shape index (κ1) is 10.5. The highest BCUT2D eigenvalue weighted by molar-refractivity contribution is 5.74. The molecule has 1 heterocycles. The molecule has 0 aromatic rings. The molecule has 0 aromatic heterocycles. The van der Waals surface area contributed by atoms with Gasteiger partial charge in [-0.1, -0.05) is 6.92 Å². The van der Waals surface area contributed by atoms with Crippen molar-refractivity contribution in [3.63, 3.8) is 0 Å². The number of aliphatic hydroxyl groups excluding tert-OH is 1. The Labute approximate surface area is 77.8 Å². The lowest BCUT2D eigenvalue weighted by atomic mass is 9.78. The summed E-state index contributed by atoms with van der Waals surface area (Å²) >= 11 is 0. The van der Waals surface area contributed by atoms with E-state index in [4.69, 9.17) is 4.74 Å². The second-order valence-corrected chi connectivity index (χ2v) is 3.59. The van der Waals surface area contributed by atoms with Gasteiger partial charge >= 0.3 is 5.97 Å². The zero-order valence-corrected chi connectivity index (χ0v) is 8.08. The van der Waals surface area contributed by atoms with Crippen LogP contribution in [-0.2, 0) is 14.3 Å². The van der Waals surface area contributed by atoms with Crippen LogP contribution >= 0.6 is 0 Å². The predicted molar refractivity (Wildman–Crippen MR) is 46.2 cm³/mol. The summed E-state index contributed by atoms with van der Waals surface area (Å²) in [5.74, 6) is -0.556. The molecule has 0 spiro atoms. The molecule has 1 unspecified atom stereocenters. The van der Waals surface area contributed by atoms with Gasteiger partial charge in [-0.15, -0.1) is 0 Å². The Hall–Kier alpha value is -0.610. The summed E-state index contributed by atoms with van der Waals surface area (Å²) in [6, 6.07) is 0. The number of rotatable bonds is 4. The smallest absolute Gasteiger partial charge is 0.334 e. The maximum atomic E-state index is 10.9. The fourth-order valence-corrected chi connectivity index (χ4v) is 1.49. The zero-order valence-electron chi connectivity index (χ0n) is 8.08. The second-order valence-electron chi connectivity index (χ2n) is 3.59. The summed E-state index contributed by atoms with van der Waals surface area (Å²) in [7, 11) is 1.28. The lowest BCUT2D eigenvalue weighted by molar-refractivity contribution is -0.164. The average molecular weight is 188 g/mol. The monoisotopic (exact) mass is 188 g/mol. The van der Waals surface area contributed by atoms with Crippen LogP contribution in [0, 0.1) is 5.41 Å². The largest absolute Gasteiger partial charge is 0.467 e. The van der Waals surface area contributed by atoms with Gasteiger partial charge in [0.05, 0.1) is 20.3 Å². The SMILES string of the molecule is CCC1(CC(O)C(=O)OC)COC1. The van der Waals surface area contributed by atoms with Crippen molar-refractivity contribution >= 4 is 5.97 Å². The minimum atomic E-state index is -1.01. The van der Waals surface area contributed by atoms with Gasteiger partial charge in [0.1, 0.15) is 0 Å². The molecule has 1 atom stereocenters. The highest BCUT2D eigenvalue weighted by atomic mass is 16.5. The number of aliphatic hydroxyl groups is 1. The topological polar surface area (TPSA) is 55.8 Å². The van der Waals surface area contributed by atoms with E-state index in [1.54, 1.807) is 0 Å². The summed E-state index contributed by atoms with van der Waals surface area (Å²) in [6.07, 6.45) is 0.353. The van der Waals surface area contributed by atoms with Gasteiger partial charge in [-0.25, -0.2) is 4.79 Å². The van der Waals surface area contributed by atoms with Crippen LogP contribution in [0.2, 0.25) is 0 Å². The standard InChI is InChI=1S/C9H16O4/c1-3-9(5-13-6-9)4-7(10)8(11)12-2/h7,10H,3-6H2,1-2H3. The van der Waals surface area contributed by atoms with Crippen LogP contribution in [0.1, 0.15) is 19.8 Å². The molecule has 0 radical (unpaired) electrons. The van der Waals surface area contributed by atoms with Gasteiger partial charge in [0.2, 0.25) is 0 Å². The van der Waals surface area contributed by atoms with Crippen molar-refractivity contribution < 1.29 is 19.4 Å². The van der Waals surface area contributed by atoms with Crippen molar-refractivity contribution in [3.05, 3.63) is 0 Å². The van der Waals surface area contributed by atoms with E-state index in [1.165, 1.54) is 7.11 Å². The molecule has 13 heavy (non-hydrogen) atoms. The fourth-order valence-electron chi connectivity index (χ4n) is 1.49. The predicted octanol–water partition coefficient (Wildman–Crippen LogP) is 0.337. The molecule has 1 rings (SSSR count). The van der Waals surface area contributed by atoms with E-state index in [1.807, 2.05) is 6.92 Å². The average Bonchev–Trinajstić information content (AvgIpc) is 2.09. The van der Waals surface area contributed by atoms with E-state index in [2.05, 4.69) is 4.74 Å². The van der Waals surface area contributed by atoms with Gasteiger partial charge in [0.25, 0.3) is 0 Å². The third kappa shape index (κ3) is 2.19. The Balaban J connectivity index is 2.42. The summed E-state index contributed by atoms with van der Waals surface area (Å²) in [4.78, 5) is 10.9. The van der Waals surface area contributed by atoms with Crippen LogP contribution in [-0.4, -0.2) is 37.5 Å². The first-order valence-electron chi connectivity index (χ1n) is 4.47. The van der Waals surface area contributed by atoms with E-state index in [0.717, 1.165) is 6.42 Å². The van der Waals surface area contributed by atoms with Crippen molar-refractivity contribution in [1.29, 1.82) is 0 Å². The molecule has 1 aliphatic rings. The molecule has 0 aromatic carbocycles. The van der Waals surface area contributed by atoms with E-state index in [-0.39, 0.29) is 5.41 Å². The summed E-state index contributed by atoms with van der Waals surface area (Å²) < 4.78 is 9.52. The first-order chi connectivity index (χ1) is 6.13. The van der Waals surface area contributed by atoms with Crippen molar-refractivity contribution in [2.24, 2.45) is 5.41 Å². The maximum absolute atomic E-state index is 10.9. The lowest BCUT2D eigenvalue weighted by Gasteiger charge is -2.41. The number of esters is 1. The molecule has 0 aliphatic carbocycles. The third-order valence-electron chi connectivity index (χ3n) is 2.67. The molecule has 4 heteroatoms. The molecule has 0 saturated carbocycles. The Morgan fingerprint density at radius 1 is 1.69 bits per heavy atom. The van der Waals surface area contributed by atoms with Gasteiger partial charge in [-0.2, -0.15) is 0 Å². The van der Waals surface area contributed by atoms with Gasteiger partial charge in [-0.05, 0) is 12.8 Å². The van der Waals surface area contributed by atoms with Crippen LogP contribution in [0.25, 0.3) is 0 Å². The molecular formula is C9H16O4. The Bertz CT molecular complexity index is 181. The van der Waals surface area contributed by atoms with E-state index in [9.17, 15) is 9.90 Å². The van der Waals surface area contributed by atoms with Crippen LogP contribution in [0.3, 0.4) is 0 Å². The molecule has 76 valence electrons. The maximum Gasteiger partial charge on any atom is 0.334 e. The number of hydrogen-bond acceptors (Lipinski definition) is 4. The summed E-state index contributed by atoms with van der Waals surface area (Å²) in [5.41, 5.74) is -0.00634. The van der Waals surface area contributed by atoms with Gasteiger partial charge < -0.3 is 14.6 Å². The Kier molecular flexibility index (Phi) is 3.27. The van der Waals surface area contributed by atoms with Gasteiger partial charge in [0, 0.05) is 5.41 Å². The number of methoxy groups -OCH3 is 1. The van der Waals surface area contributed by atoms with Crippen molar-refractivity contribution in [2.75, 3.05) is 20.3 Å². The van der Waals surface area contributed by atoms with E-state index in [0.29, 0.717) is 19.6 Å². The Morgan fingerprint density at radius 2 is 2.31 bits per heavy atom. The molecule has 1 saturated heterocycles. The minimum absolute atomic E-state index is 0.00634. The van der Waals surface area contributed by atoms with E-state index < -0.39 is 12.1 Å². The van der Waals surface area contributed by atoms with Crippen LogP contribution in [0.5, 0.6) is 0 Å². The lowest BCUT2D eigenvalue weighted by Crippen LogP contribution is -2.45. The van der Waals surface area contributed by atoms with Crippen LogP contribution < -0.4 is 0 Å². The van der Waals surface area contributed by atoms with Crippen molar-refractivity contribution in [3.8, 4) is 0 Å². The number of carbonyl (C=O) groups excluding carboxylic acids is 1. The quantitative estimate of drug-likeness (QED) is 0.646. The van der Waals surface area contributed by atoms with Crippen LogP contribution in [0.4, 0.5) is 0 Å². The molecule has 1 aliphatic heterocycles. The highest BCUT2D eigenvalue weighted by Gasteiger charge is 2.40. The van der Waals surface area contributed by atoms with E-state index >= 15 is 0 Å². The van der Waals surface area contributed by atoms with Gasteiger partial charge in [0.15, 0.2) is 6.10 Å². The second kappa shape index (κ2) is 4.07.